The third-order valence-corrected chi connectivity index (χ3v) is 2.14. The van der Waals surface area contributed by atoms with Crippen molar-refractivity contribution in [2.75, 3.05) is 31.7 Å². The van der Waals surface area contributed by atoms with Crippen molar-refractivity contribution in [3.05, 3.63) is 23.8 Å². The van der Waals surface area contributed by atoms with Crippen LogP contribution in [0.2, 0.25) is 0 Å². The number of nitrogens with one attached hydrogen (secondary N) is 1. The number of likely N-dealkylation sites (N-methyl/N-ethyl adjacent to an activating group) is 1. The molecule has 0 saturated carbocycles. The molecule has 0 heterocycles. The zero-order valence-electron chi connectivity index (χ0n) is 9.72. The standard InChI is InChI=1S/C11H17F2N3/c1-7(6-16(2)3)15-10-5-8(12)4-9(13)11(10)14/h4-5,7,15H,6,14H2,1-3H3. The molecule has 0 aliphatic carbocycles. The molecule has 16 heavy (non-hydrogen) atoms. The van der Waals surface area contributed by atoms with Crippen LogP contribution in [-0.2, 0) is 0 Å². The number of nitrogen functional groups attached to an aromatic ring is 1. The molecule has 0 radical (unpaired) electrons. The van der Waals surface area contributed by atoms with Crippen molar-refractivity contribution in [2.24, 2.45) is 0 Å². The Labute approximate surface area is 94.2 Å². The Morgan fingerprint density at radius 2 is 2.00 bits per heavy atom. The maximum atomic E-state index is 13.1. The summed E-state index contributed by atoms with van der Waals surface area (Å²) < 4.78 is 26.1. The average molecular weight is 229 g/mol. The Balaban J connectivity index is 2.80. The molecule has 1 aromatic carbocycles. The minimum absolute atomic E-state index is 0.0491. The van der Waals surface area contributed by atoms with E-state index in [0.717, 1.165) is 12.6 Å². The van der Waals surface area contributed by atoms with Crippen molar-refractivity contribution in [1.82, 2.24) is 4.90 Å². The van der Waals surface area contributed by atoms with Crippen molar-refractivity contribution in [3.63, 3.8) is 0 Å². The summed E-state index contributed by atoms with van der Waals surface area (Å²) in [5, 5.41) is 2.98. The molecule has 0 fully saturated rings. The second-order valence-electron chi connectivity index (χ2n) is 4.16. The van der Waals surface area contributed by atoms with Gasteiger partial charge in [0.05, 0.1) is 11.4 Å². The minimum Gasteiger partial charge on any atom is -0.395 e. The van der Waals surface area contributed by atoms with Crippen LogP contribution >= 0.6 is 0 Å². The summed E-state index contributed by atoms with van der Waals surface area (Å²) in [6.45, 7) is 2.67. The monoisotopic (exact) mass is 229 g/mol. The summed E-state index contributed by atoms with van der Waals surface area (Å²) >= 11 is 0. The molecular weight excluding hydrogens is 212 g/mol. The summed E-state index contributed by atoms with van der Waals surface area (Å²) in [7, 11) is 3.85. The second kappa shape index (κ2) is 5.12. The molecule has 0 amide bonds. The van der Waals surface area contributed by atoms with Crippen molar-refractivity contribution in [3.8, 4) is 0 Å². The number of nitrogens with zero attached hydrogens (tertiary/aromatic N) is 1. The summed E-state index contributed by atoms with van der Waals surface area (Å²) in [6.07, 6.45) is 0. The van der Waals surface area contributed by atoms with E-state index >= 15 is 0 Å². The number of halogens is 2. The predicted molar refractivity (Wildman–Crippen MR) is 62.4 cm³/mol. The largest absolute Gasteiger partial charge is 0.395 e. The van der Waals surface area contributed by atoms with Crippen LogP contribution in [0, 0.1) is 11.6 Å². The highest BCUT2D eigenvalue weighted by Crippen LogP contribution is 2.23. The zero-order valence-corrected chi connectivity index (χ0v) is 9.72. The van der Waals surface area contributed by atoms with E-state index in [0.29, 0.717) is 5.69 Å². The molecule has 1 aromatic rings. The molecule has 1 rings (SSSR count). The molecule has 5 heteroatoms. The van der Waals surface area contributed by atoms with Gasteiger partial charge in [0.15, 0.2) is 5.82 Å². The van der Waals surface area contributed by atoms with Gasteiger partial charge in [-0.3, -0.25) is 0 Å². The fourth-order valence-corrected chi connectivity index (χ4v) is 1.56. The first-order valence-electron chi connectivity index (χ1n) is 5.06. The highest BCUT2D eigenvalue weighted by molar-refractivity contribution is 5.67. The second-order valence-corrected chi connectivity index (χ2v) is 4.16. The topological polar surface area (TPSA) is 41.3 Å². The lowest BCUT2D eigenvalue weighted by molar-refractivity contribution is 0.392. The van der Waals surface area contributed by atoms with E-state index in [1.54, 1.807) is 0 Å². The maximum absolute atomic E-state index is 13.1. The lowest BCUT2D eigenvalue weighted by Crippen LogP contribution is -2.30. The Bertz CT molecular complexity index is 366. The quantitative estimate of drug-likeness (QED) is 0.775. The molecule has 0 bridgehead atoms. The first kappa shape index (κ1) is 12.7. The van der Waals surface area contributed by atoms with Gasteiger partial charge in [0.2, 0.25) is 0 Å². The molecular formula is C11H17F2N3. The zero-order chi connectivity index (χ0) is 12.3. The number of benzene rings is 1. The summed E-state index contributed by atoms with van der Waals surface area (Å²) in [4.78, 5) is 1.98. The van der Waals surface area contributed by atoms with Crippen LogP contribution in [0.25, 0.3) is 0 Å². The van der Waals surface area contributed by atoms with Crippen molar-refractivity contribution in [2.45, 2.75) is 13.0 Å². The maximum Gasteiger partial charge on any atom is 0.151 e. The van der Waals surface area contributed by atoms with Gasteiger partial charge in [0.25, 0.3) is 0 Å². The SMILES string of the molecule is CC(CN(C)C)Nc1cc(F)cc(F)c1N. The van der Waals surface area contributed by atoms with Crippen molar-refractivity contribution >= 4 is 11.4 Å². The molecule has 0 aliphatic heterocycles. The van der Waals surface area contributed by atoms with Crippen LogP contribution in [-0.4, -0.2) is 31.6 Å². The average Bonchev–Trinajstić information content (AvgIpc) is 2.11. The third-order valence-electron chi connectivity index (χ3n) is 2.14. The van der Waals surface area contributed by atoms with Gasteiger partial charge in [-0.05, 0) is 27.1 Å². The molecule has 1 atom stereocenters. The van der Waals surface area contributed by atoms with Gasteiger partial charge < -0.3 is 16.0 Å². The molecule has 3 N–H and O–H groups in total. The van der Waals surface area contributed by atoms with E-state index in [1.807, 2.05) is 25.9 Å². The number of rotatable bonds is 4. The van der Waals surface area contributed by atoms with Gasteiger partial charge in [-0.25, -0.2) is 8.78 Å². The minimum atomic E-state index is -0.737. The summed E-state index contributed by atoms with van der Waals surface area (Å²) in [5.74, 6) is -1.37. The molecule has 1 unspecified atom stereocenters. The van der Waals surface area contributed by atoms with E-state index < -0.39 is 11.6 Å². The van der Waals surface area contributed by atoms with E-state index in [4.69, 9.17) is 5.73 Å². The third kappa shape index (κ3) is 3.34. The number of anilines is 2. The van der Waals surface area contributed by atoms with Crippen molar-refractivity contribution in [1.29, 1.82) is 0 Å². The highest BCUT2D eigenvalue weighted by Gasteiger charge is 2.10. The van der Waals surface area contributed by atoms with E-state index in [9.17, 15) is 8.78 Å². The summed E-state index contributed by atoms with van der Waals surface area (Å²) in [5.41, 5.74) is 5.76. The molecule has 0 spiro atoms. The lowest BCUT2D eigenvalue weighted by Gasteiger charge is -2.20. The Kier molecular flexibility index (Phi) is 4.06. The van der Waals surface area contributed by atoms with E-state index in [-0.39, 0.29) is 11.7 Å². The lowest BCUT2D eigenvalue weighted by atomic mass is 10.2. The van der Waals surface area contributed by atoms with Crippen molar-refractivity contribution < 1.29 is 8.78 Å². The van der Waals surface area contributed by atoms with Gasteiger partial charge in [-0.1, -0.05) is 0 Å². The molecule has 90 valence electrons. The predicted octanol–water partition coefficient (Wildman–Crippen LogP) is 1.91. The Hall–Kier alpha value is -1.36. The fraction of sp³-hybridized carbons (Fsp3) is 0.455. The molecule has 0 aromatic heterocycles. The smallest absolute Gasteiger partial charge is 0.151 e. The number of hydrogen-bond acceptors (Lipinski definition) is 3. The Morgan fingerprint density at radius 3 is 2.56 bits per heavy atom. The van der Waals surface area contributed by atoms with Gasteiger partial charge in [-0.2, -0.15) is 0 Å². The molecule has 0 saturated heterocycles. The fourth-order valence-electron chi connectivity index (χ4n) is 1.56. The highest BCUT2D eigenvalue weighted by atomic mass is 19.1. The normalized spacial score (nSPS) is 12.9. The first-order valence-corrected chi connectivity index (χ1v) is 5.06. The number of hydrogen-bond donors (Lipinski definition) is 2. The number of nitrogens with two attached hydrogens (primary N) is 1. The van der Waals surface area contributed by atoms with Crippen LogP contribution in [0.1, 0.15) is 6.92 Å². The van der Waals surface area contributed by atoms with Gasteiger partial charge in [-0.15, -0.1) is 0 Å². The van der Waals surface area contributed by atoms with E-state index in [2.05, 4.69) is 5.32 Å². The summed E-state index contributed by atoms with van der Waals surface area (Å²) in [6, 6.07) is 2.03. The van der Waals surface area contributed by atoms with Crippen LogP contribution in [0.3, 0.4) is 0 Å². The van der Waals surface area contributed by atoms with Crippen LogP contribution in [0.5, 0.6) is 0 Å². The van der Waals surface area contributed by atoms with Crippen LogP contribution < -0.4 is 11.1 Å². The first-order chi connectivity index (χ1) is 7.40. The Morgan fingerprint density at radius 1 is 1.38 bits per heavy atom. The van der Waals surface area contributed by atoms with Gasteiger partial charge in [0.1, 0.15) is 5.82 Å². The van der Waals surface area contributed by atoms with Gasteiger partial charge in [0, 0.05) is 18.7 Å². The molecule has 0 aliphatic rings. The molecule has 3 nitrogen and oxygen atoms in total. The van der Waals surface area contributed by atoms with E-state index in [1.165, 1.54) is 6.07 Å². The van der Waals surface area contributed by atoms with Crippen LogP contribution in [0.15, 0.2) is 12.1 Å². The van der Waals surface area contributed by atoms with Gasteiger partial charge >= 0.3 is 0 Å². The van der Waals surface area contributed by atoms with Crippen LogP contribution in [0.4, 0.5) is 20.2 Å².